The minimum absolute atomic E-state index is 0.0547. The normalized spacial score (nSPS) is 15.5. The molecule has 1 aliphatic rings. The van der Waals surface area contributed by atoms with Gasteiger partial charge in [-0.1, -0.05) is 35.1 Å². The molecule has 1 fully saturated rings. The number of aromatic nitrogens is 1. The molecule has 3 N–H and O–H groups in total. The highest BCUT2D eigenvalue weighted by atomic mass is 32.2. The SMILES string of the molecule is Cc1ccc(S(=O)(=O)N2CCC(Nc3nc(N)c(C(=O)c4c(F)cccc4F)s3)CC2)cc1. The van der Waals surface area contributed by atoms with Crippen LogP contribution in [0, 0.1) is 18.6 Å². The van der Waals surface area contributed by atoms with Crippen LogP contribution in [0.15, 0.2) is 47.4 Å². The summed E-state index contributed by atoms with van der Waals surface area (Å²) in [6.07, 6.45) is 1.05. The molecule has 3 aromatic rings. The third-order valence-corrected chi connectivity index (χ3v) is 8.40. The fourth-order valence-corrected chi connectivity index (χ4v) is 6.04. The van der Waals surface area contributed by atoms with Crippen molar-refractivity contribution in [2.24, 2.45) is 0 Å². The Hall–Kier alpha value is -2.89. The van der Waals surface area contributed by atoms with E-state index in [1.807, 2.05) is 6.92 Å². The van der Waals surface area contributed by atoms with Crippen LogP contribution in [0.5, 0.6) is 0 Å². The summed E-state index contributed by atoms with van der Waals surface area (Å²) in [6.45, 7) is 2.53. The third kappa shape index (κ3) is 4.75. The highest BCUT2D eigenvalue weighted by molar-refractivity contribution is 7.89. The smallest absolute Gasteiger partial charge is 0.243 e. The lowest BCUT2D eigenvalue weighted by Gasteiger charge is -2.31. The number of thiazole rings is 1. The molecule has 0 amide bonds. The molecular weight excluding hydrogens is 470 g/mol. The molecule has 33 heavy (non-hydrogen) atoms. The van der Waals surface area contributed by atoms with E-state index in [4.69, 9.17) is 5.73 Å². The number of carbonyl (C=O) groups excluding carboxylic acids is 1. The number of nitrogens with two attached hydrogens (primary N) is 1. The molecule has 0 spiro atoms. The zero-order chi connectivity index (χ0) is 23.8. The molecule has 7 nitrogen and oxygen atoms in total. The van der Waals surface area contributed by atoms with E-state index in [0.29, 0.717) is 31.1 Å². The van der Waals surface area contributed by atoms with Gasteiger partial charge in [-0.25, -0.2) is 22.2 Å². The van der Waals surface area contributed by atoms with E-state index < -0.39 is 33.0 Å². The van der Waals surface area contributed by atoms with Crippen molar-refractivity contribution < 1.29 is 22.0 Å². The number of nitrogens with one attached hydrogen (secondary N) is 1. The van der Waals surface area contributed by atoms with Gasteiger partial charge in [0.2, 0.25) is 15.8 Å². The Balaban J connectivity index is 1.42. The molecule has 0 unspecified atom stereocenters. The number of carbonyl (C=O) groups is 1. The van der Waals surface area contributed by atoms with Crippen molar-refractivity contribution in [1.82, 2.24) is 9.29 Å². The minimum atomic E-state index is -3.57. The molecule has 0 bridgehead atoms. The molecule has 1 aliphatic heterocycles. The minimum Gasteiger partial charge on any atom is -0.382 e. The molecule has 174 valence electrons. The van der Waals surface area contributed by atoms with Crippen LogP contribution < -0.4 is 11.1 Å². The van der Waals surface area contributed by atoms with Crippen LogP contribution in [0.1, 0.15) is 33.6 Å². The third-order valence-electron chi connectivity index (χ3n) is 5.49. The average Bonchev–Trinajstić information content (AvgIpc) is 3.14. The number of benzene rings is 2. The number of anilines is 2. The van der Waals surface area contributed by atoms with Crippen molar-refractivity contribution in [1.29, 1.82) is 0 Å². The number of sulfonamides is 1. The molecule has 0 aliphatic carbocycles. The number of ketones is 1. The number of nitrogens with zero attached hydrogens (tertiary/aromatic N) is 2. The number of rotatable bonds is 6. The van der Waals surface area contributed by atoms with Crippen molar-refractivity contribution >= 4 is 38.1 Å². The monoisotopic (exact) mass is 492 g/mol. The summed E-state index contributed by atoms with van der Waals surface area (Å²) >= 11 is 0.916. The second kappa shape index (κ2) is 9.16. The van der Waals surface area contributed by atoms with Gasteiger partial charge in [-0.2, -0.15) is 4.31 Å². The first kappa shape index (κ1) is 23.3. The molecule has 0 atom stereocenters. The van der Waals surface area contributed by atoms with Crippen molar-refractivity contribution in [3.05, 3.63) is 70.1 Å². The summed E-state index contributed by atoms with van der Waals surface area (Å²) in [5, 5.41) is 3.50. The van der Waals surface area contributed by atoms with E-state index in [1.165, 1.54) is 10.4 Å². The maximum atomic E-state index is 14.0. The fraction of sp³-hybridized carbons (Fsp3) is 0.273. The summed E-state index contributed by atoms with van der Waals surface area (Å²) in [6, 6.07) is 9.83. The summed E-state index contributed by atoms with van der Waals surface area (Å²) in [5.41, 5.74) is 6.15. The molecule has 4 rings (SSSR count). The summed E-state index contributed by atoms with van der Waals surface area (Å²) in [5.74, 6) is -2.92. The van der Waals surface area contributed by atoms with Crippen LogP contribution in [0.4, 0.5) is 19.7 Å². The number of hydrogen-bond donors (Lipinski definition) is 2. The molecular formula is C22H22F2N4O3S2. The van der Waals surface area contributed by atoms with Crippen LogP contribution >= 0.6 is 11.3 Å². The van der Waals surface area contributed by atoms with Crippen LogP contribution in [-0.2, 0) is 10.0 Å². The quantitative estimate of drug-likeness (QED) is 0.507. The lowest BCUT2D eigenvalue weighted by atomic mass is 10.1. The Kier molecular flexibility index (Phi) is 6.46. The molecule has 2 aromatic carbocycles. The number of piperidine rings is 1. The van der Waals surface area contributed by atoms with E-state index in [2.05, 4.69) is 10.3 Å². The van der Waals surface area contributed by atoms with Gasteiger partial charge < -0.3 is 11.1 Å². The van der Waals surface area contributed by atoms with E-state index >= 15 is 0 Å². The molecule has 1 saturated heterocycles. The lowest BCUT2D eigenvalue weighted by Crippen LogP contribution is -2.42. The molecule has 0 radical (unpaired) electrons. The van der Waals surface area contributed by atoms with Crippen molar-refractivity contribution in [3.63, 3.8) is 0 Å². The Labute approximate surface area is 194 Å². The standard InChI is InChI=1S/C22H22F2N4O3S2/c1-13-5-7-15(8-6-13)33(30,31)28-11-9-14(10-12-28)26-22-27-21(25)20(32-22)19(29)18-16(23)3-2-4-17(18)24/h2-8,14H,9-12,25H2,1H3,(H,26,27). The average molecular weight is 493 g/mol. The van der Waals surface area contributed by atoms with Crippen LogP contribution in [-0.4, -0.2) is 42.6 Å². The second-order valence-electron chi connectivity index (χ2n) is 7.79. The first-order valence-electron chi connectivity index (χ1n) is 10.2. The lowest BCUT2D eigenvalue weighted by molar-refractivity contribution is 0.103. The number of nitrogen functional groups attached to an aromatic ring is 1. The van der Waals surface area contributed by atoms with Crippen LogP contribution in [0.25, 0.3) is 0 Å². The highest BCUT2D eigenvalue weighted by Gasteiger charge is 2.30. The van der Waals surface area contributed by atoms with Gasteiger partial charge in [-0.15, -0.1) is 0 Å². The molecule has 11 heteroatoms. The Morgan fingerprint density at radius 1 is 1.12 bits per heavy atom. The van der Waals surface area contributed by atoms with Gasteiger partial charge in [0.15, 0.2) is 5.13 Å². The van der Waals surface area contributed by atoms with E-state index in [0.717, 1.165) is 29.0 Å². The predicted molar refractivity (Wildman–Crippen MR) is 123 cm³/mol. The van der Waals surface area contributed by atoms with Gasteiger partial charge in [0, 0.05) is 19.1 Å². The fourth-order valence-electron chi connectivity index (χ4n) is 3.66. The largest absolute Gasteiger partial charge is 0.382 e. The summed E-state index contributed by atoms with van der Waals surface area (Å²) in [4.78, 5) is 17.0. The molecule has 0 saturated carbocycles. The van der Waals surface area contributed by atoms with Crippen LogP contribution in [0.2, 0.25) is 0 Å². The van der Waals surface area contributed by atoms with E-state index in [-0.39, 0.29) is 21.6 Å². The maximum Gasteiger partial charge on any atom is 0.243 e. The molecule has 2 heterocycles. The van der Waals surface area contributed by atoms with Gasteiger partial charge in [-0.05, 0) is 44.0 Å². The van der Waals surface area contributed by atoms with E-state index in [1.54, 1.807) is 24.3 Å². The zero-order valence-corrected chi connectivity index (χ0v) is 19.3. The van der Waals surface area contributed by atoms with Crippen molar-refractivity contribution in [3.8, 4) is 0 Å². The van der Waals surface area contributed by atoms with Crippen molar-refractivity contribution in [2.45, 2.75) is 30.7 Å². The number of hydrogen-bond acceptors (Lipinski definition) is 7. The van der Waals surface area contributed by atoms with E-state index in [9.17, 15) is 22.0 Å². The highest BCUT2D eigenvalue weighted by Crippen LogP contribution is 2.31. The second-order valence-corrected chi connectivity index (χ2v) is 10.7. The molecule has 1 aromatic heterocycles. The number of aryl methyl sites for hydroxylation is 1. The van der Waals surface area contributed by atoms with Gasteiger partial charge in [0.1, 0.15) is 22.3 Å². The Bertz CT molecular complexity index is 1270. The van der Waals surface area contributed by atoms with Gasteiger partial charge in [-0.3, -0.25) is 4.79 Å². The van der Waals surface area contributed by atoms with Gasteiger partial charge in [0.05, 0.1) is 10.5 Å². The first-order chi connectivity index (χ1) is 15.7. The van der Waals surface area contributed by atoms with Crippen molar-refractivity contribution in [2.75, 3.05) is 24.1 Å². The van der Waals surface area contributed by atoms with Gasteiger partial charge in [0.25, 0.3) is 0 Å². The predicted octanol–water partition coefficient (Wildman–Crippen LogP) is 3.81. The summed E-state index contributed by atoms with van der Waals surface area (Å²) < 4.78 is 55.1. The zero-order valence-electron chi connectivity index (χ0n) is 17.7. The first-order valence-corrected chi connectivity index (χ1v) is 12.5. The van der Waals surface area contributed by atoms with Crippen LogP contribution in [0.3, 0.4) is 0 Å². The maximum absolute atomic E-state index is 14.0. The summed E-state index contributed by atoms with van der Waals surface area (Å²) in [7, 11) is -3.57. The Morgan fingerprint density at radius 2 is 1.73 bits per heavy atom. The van der Waals surface area contributed by atoms with Gasteiger partial charge >= 0.3 is 0 Å². The number of halogens is 2. The Morgan fingerprint density at radius 3 is 2.33 bits per heavy atom. The topological polar surface area (TPSA) is 105 Å².